The Hall–Kier alpha value is -2.29. The van der Waals surface area contributed by atoms with Crippen molar-refractivity contribution in [3.63, 3.8) is 0 Å². The molecular formula is C23H30FN3O3S. The summed E-state index contributed by atoms with van der Waals surface area (Å²) >= 11 is 0. The first-order valence-electron chi connectivity index (χ1n) is 10.7. The fourth-order valence-corrected chi connectivity index (χ4v) is 5.37. The quantitative estimate of drug-likeness (QED) is 0.654. The average molecular weight is 448 g/mol. The Morgan fingerprint density at radius 2 is 1.71 bits per heavy atom. The molecule has 0 aliphatic carbocycles. The standard InChI is InChI=1S/C23H30FN3O3S/c1-3-27(4-2)31(29,30)20-11-12-22(24)21(17-20)23(28)26-14-8-13-25(15-16-26)18-19-9-6-5-7-10-19/h5-7,9-12,17H,3-4,8,13-16,18H2,1-2H3. The molecule has 0 bridgehead atoms. The number of hydrogen-bond donors (Lipinski definition) is 0. The number of carbonyl (C=O) groups is 1. The number of nitrogens with zero attached hydrogens (tertiary/aromatic N) is 3. The first-order chi connectivity index (χ1) is 14.9. The highest BCUT2D eigenvalue weighted by atomic mass is 32.2. The molecule has 0 unspecified atom stereocenters. The number of hydrogen-bond acceptors (Lipinski definition) is 4. The number of carbonyl (C=O) groups excluding carboxylic acids is 1. The minimum atomic E-state index is -3.77. The Balaban J connectivity index is 1.75. The van der Waals surface area contributed by atoms with Crippen LogP contribution in [-0.4, -0.2) is 67.7 Å². The fourth-order valence-electron chi connectivity index (χ4n) is 3.89. The second-order valence-electron chi connectivity index (χ2n) is 7.64. The van der Waals surface area contributed by atoms with Gasteiger partial charge >= 0.3 is 0 Å². The topological polar surface area (TPSA) is 60.9 Å². The minimum absolute atomic E-state index is 0.0542. The smallest absolute Gasteiger partial charge is 0.256 e. The average Bonchev–Trinajstić information content (AvgIpc) is 3.00. The summed E-state index contributed by atoms with van der Waals surface area (Å²) in [6.07, 6.45) is 0.775. The number of benzene rings is 2. The van der Waals surface area contributed by atoms with Crippen molar-refractivity contribution in [2.75, 3.05) is 39.3 Å². The summed E-state index contributed by atoms with van der Waals surface area (Å²) in [6.45, 7) is 7.41. The highest BCUT2D eigenvalue weighted by Crippen LogP contribution is 2.21. The van der Waals surface area contributed by atoms with Crippen molar-refractivity contribution in [1.29, 1.82) is 0 Å². The first-order valence-corrected chi connectivity index (χ1v) is 12.2. The Morgan fingerprint density at radius 3 is 2.39 bits per heavy atom. The molecule has 168 valence electrons. The molecule has 2 aromatic rings. The van der Waals surface area contributed by atoms with Gasteiger partial charge in [-0.25, -0.2) is 12.8 Å². The zero-order chi connectivity index (χ0) is 22.4. The molecule has 1 aliphatic heterocycles. The largest absolute Gasteiger partial charge is 0.337 e. The zero-order valence-corrected chi connectivity index (χ0v) is 18.9. The zero-order valence-electron chi connectivity index (χ0n) is 18.1. The molecule has 2 aromatic carbocycles. The summed E-state index contributed by atoms with van der Waals surface area (Å²) in [7, 11) is -3.77. The van der Waals surface area contributed by atoms with E-state index in [2.05, 4.69) is 17.0 Å². The Bertz CT molecular complexity index is 994. The molecule has 0 N–H and O–H groups in total. The van der Waals surface area contributed by atoms with Gasteiger partial charge in [0.25, 0.3) is 5.91 Å². The molecule has 8 heteroatoms. The van der Waals surface area contributed by atoms with Gasteiger partial charge in [0.2, 0.25) is 10.0 Å². The van der Waals surface area contributed by atoms with Crippen LogP contribution in [0.2, 0.25) is 0 Å². The van der Waals surface area contributed by atoms with E-state index in [4.69, 9.17) is 0 Å². The van der Waals surface area contributed by atoms with Crippen LogP contribution in [0, 0.1) is 5.82 Å². The van der Waals surface area contributed by atoms with E-state index in [0.29, 0.717) is 32.7 Å². The minimum Gasteiger partial charge on any atom is -0.337 e. The van der Waals surface area contributed by atoms with Gasteiger partial charge < -0.3 is 4.90 Å². The van der Waals surface area contributed by atoms with Crippen LogP contribution in [0.1, 0.15) is 36.2 Å². The highest BCUT2D eigenvalue weighted by molar-refractivity contribution is 7.89. The van der Waals surface area contributed by atoms with Gasteiger partial charge in [-0.2, -0.15) is 4.31 Å². The van der Waals surface area contributed by atoms with Crippen LogP contribution < -0.4 is 0 Å². The Labute approximate surface area is 184 Å². The number of amides is 1. The van der Waals surface area contributed by atoms with Crippen molar-refractivity contribution in [1.82, 2.24) is 14.1 Å². The SMILES string of the molecule is CCN(CC)S(=O)(=O)c1ccc(F)c(C(=O)N2CCCN(Cc3ccccc3)CC2)c1. The summed E-state index contributed by atoms with van der Waals surface area (Å²) < 4.78 is 41.4. The van der Waals surface area contributed by atoms with E-state index in [1.165, 1.54) is 22.0 Å². The number of sulfonamides is 1. The van der Waals surface area contributed by atoms with E-state index in [9.17, 15) is 17.6 Å². The van der Waals surface area contributed by atoms with E-state index in [-0.39, 0.29) is 10.5 Å². The molecule has 0 atom stereocenters. The molecule has 0 radical (unpaired) electrons. The van der Waals surface area contributed by atoms with E-state index >= 15 is 0 Å². The lowest BCUT2D eigenvalue weighted by molar-refractivity contribution is 0.0756. The Kier molecular flexibility index (Phi) is 7.80. The van der Waals surface area contributed by atoms with Gasteiger partial charge in [-0.3, -0.25) is 9.69 Å². The van der Waals surface area contributed by atoms with Gasteiger partial charge in [-0.15, -0.1) is 0 Å². The molecular weight excluding hydrogens is 417 g/mol. The van der Waals surface area contributed by atoms with E-state index in [1.54, 1.807) is 18.7 Å². The van der Waals surface area contributed by atoms with Crippen LogP contribution in [0.15, 0.2) is 53.4 Å². The Morgan fingerprint density at radius 1 is 1.00 bits per heavy atom. The molecule has 6 nitrogen and oxygen atoms in total. The normalized spacial score (nSPS) is 15.8. The van der Waals surface area contributed by atoms with Gasteiger partial charge in [0.15, 0.2) is 0 Å². The van der Waals surface area contributed by atoms with Crippen LogP contribution in [0.5, 0.6) is 0 Å². The third kappa shape index (κ3) is 5.50. The van der Waals surface area contributed by atoms with E-state index in [1.807, 2.05) is 18.2 Å². The van der Waals surface area contributed by atoms with Gasteiger partial charge in [0.05, 0.1) is 10.5 Å². The van der Waals surface area contributed by atoms with Crippen LogP contribution in [0.25, 0.3) is 0 Å². The molecule has 31 heavy (non-hydrogen) atoms. The van der Waals surface area contributed by atoms with Gasteiger partial charge in [0.1, 0.15) is 5.82 Å². The maximum absolute atomic E-state index is 14.5. The van der Waals surface area contributed by atoms with Gasteiger partial charge in [-0.05, 0) is 30.2 Å². The van der Waals surface area contributed by atoms with Crippen molar-refractivity contribution in [2.45, 2.75) is 31.7 Å². The van der Waals surface area contributed by atoms with Crippen LogP contribution >= 0.6 is 0 Å². The van der Waals surface area contributed by atoms with E-state index in [0.717, 1.165) is 25.6 Å². The molecule has 3 rings (SSSR count). The lowest BCUT2D eigenvalue weighted by Gasteiger charge is -2.23. The van der Waals surface area contributed by atoms with Gasteiger partial charge in [-0.1, -0.05) is 44.2 Å². The molecule has 0 spiro atoms. The third-order valence-electron chi connectivity index (χ3n) is 5.64. The van der Waals surface area contributed by atoms with E-state index < -0.39 is 21.7 Å². The molecule has 1 aliphatic rings. The predicted molar refractivity (Wildman–Crippen MR) is 119 cm³/mol. The third-order valence-corrected chi connectivity index (χ3v) is 7.68. The summed E-state index contributed by atoms with van der Waals surface area (Å²) in [5.74, 6) is -1.16. The maximum atomic E-state index is 14.5. The van der Waals surface area contributed by atoms with Crippen LogP contribution in [0.3, 0.4) is 0 Å². The summed E-state index contributed by atoms with van der Waals surface area (Å²) in [6, 6.07) is 13.6. The van der Waals surface area contributed by atoms with Crippen molar-refractivity contribution in [3.05, 3.63) is 65.5 Å². The highest BCUT2D eigenvalue weighted by Gasteiger charge is 2.27. The van der Waals surface area contributed by atoms with Crippen molar-refractivity contribution in [3.8, 4) is 0 Å². The second kappa shape index (κ2) is 10.3. The van der Waals surface area contributed by atoms with Crippen molar-refractivity contribution in [2.24, 2.45) is 0 Å². The lowest BCUT2D eigenvalue weighted by atomic mass is 10.2. The number of halogens is 1. The maximum Gasteiger partial charge on any atom is 0.256 e. The summed E-state index contributed by atoms with van der Waals surface area (Å²) in [5, 5.41) is 0. The first kappa shape index (κ1) is 23.4. The van der Waals surface area contributed by atoms with Crippen molar-refractivity contribution >= 4 is 15.9 Å². The number of rotatable bonds is 7. The molecule has 0 saturated carbocycles. The lowest BCUT2D eigenvalue weighted by Crippen LogP contribution is -2.36. The summed E-state index contributed by atoms with van der Waals surface area (Å²) in [4.78, 5) is 16.9. The molecule has 0 aromatic heterocycles. The van der Waals surface area contributed by atoms with Crippen LogP contribution in [-0.2, 0) is 16.6 Å². The second-order valence-corrected chi connectivity index (χ2v) is 9.58. The molecule has 1 fully saturated rings. The van der Waals surface area contributed by atoms with Gasteiger partial charge in [0, 0.05) is 45.8 Å². The molecule has 1 saturated heterocycles. The summed E-state index contributed by atoms with van der Waals surface area (Å²) in [5.41, 5.74) is 1.02. The fraction of sp³-hybridized carbons (Fsp3) is 0.435. The monoisotopic (exact) mass is 447 g/mol. The van der Waals surface area contributed by atoms with Crippen LogP contribution in [0.4, 0.5) is 4.39 Å². The van der Waals surface area contributed by atoms with Crippen molar-refractivity contribution < 1.29 is 17.6 Å². The predicted octanol–water partition coefficient (Wildman–Crippen LogP) is 3.20. The molecule has 1 amide bonds. The molecule has 1 heterocycles.